The van der Waals surface area contributed by atoms with Crippen LogP contribution in [0.15, 0.2) is 35.7 Å². The van der Waals surface area contributed by atoms with Gasteiger partial charge in [-0.1, -0.05) is 6.07 Å². The van der Waals surface area contributed by atoms with Crippen molar-refractivity contribution < 1.29 is 9.13 Å². The van der Waals surface area contributed by atoms with Crippen LogP contribution in [-0.4, -0.2) is 7.05 Å². The number of nitrogens with one attached hydrogen (secondary N) is 1. The molecule has 0 aliphatic carbocycles. The lowest BCUT2D eigenvalue weighted by atomic mass is 10.3. The number of rotatable bonds is 3. The maximum atomic E-state index is 12.9. The lowest BCUT2D eigenvalue weighted by Gasteiger charge is -2.02. The maximum absolute atomic E-state index is 12.9. The van der Waals surface area contributed by atoms with Gasteiger partial charge < -0.3 is 10.1 Å². The molecule has 1 N–H and O–H groups in total. The average Bonchev–Trinajstić information content (AvgIpc) is 2.65. The van der Waals surface area contributed by atoms with E-state index < -0.39 is 0 Å². The smallest absolute Gasteiger partial charge is 0.140 e. The fourth-order valence-electron chi connectivity index (χ4n) is 1.17. The van der Waals surface area contributed by atoms with Gasteiger partial charge in [0.2, 0.25) is 0 Å². The standard InChI is InChI=1S/C11H10FNOS/c1-13-11-6-10(7-15-11)14-9-4-2-3-8(12)5-9/h2-7,13H,1H3. The topological polar surface area (TPSA) is 21.3 Å². The minimum atomic E-state index is -0.295. The average molecular weight is 223 g/mol. The highest BCUT2D eigenvalue weighted by atomic mass is 32.1. The molecule has 15 heavy (non-hydrogen) atoms. The highest BCUT2D eigenvalue weighted by Gasteiger charge is 2.01. The fourth-order valence-corrected chi connectivity index (χ4v) is 1.83. The van der Waals surface area contributed by atoms with E-state index in [0.717, 1.165) is 10.8 Å². The van der Waals surface area contributed by atoms with Gasteiger partial charge in [-0.15, -0.1) is 11.3 Å². The Labute approximate surface area is 91.3 Å². The molecule has 0 bridgehead atoms. The summed E-state index contributed by atoms with van der Waals surface area (Å²) in [4.78, 5) is 0. The molecule has 0 atom stereocenters. The van der Waals surface area contributed by atoms with Crippen molar-refractivity contribution in [3.05, 3.63) is 41.5 Å². The van der Waals surface area contributed by atoms with E-state index in [1.54, 1.807) is 23.5 Å². The van der Waals surface area contributed by atoms with Crippen molar-refractivity contribution in [2.45, 2.75) is 0 Å². The van der Waals surface area contributed by atoms with Crippen molar-refractivity contribution in [3.63, 3.8) is 0 Å². The quantitative estimate of drug-likeness (QED) is 0.856. The molecule has 78 valence electrons. The van der Waals surface area contributed by atoms with E-state index in [0.29, 0.717) is 5.75 Å². The van der Waals surface area contributed by atoms with Crippen molar-refractivity contribution in [1.82, 2.24) is 0 Å². The van der Waals surface area contributed by atoms with Crippen LogP contribution in [0.3, 0.4) is 0 Å². The van der Waals surface area contributed by atoms with Crippen molar-refractivity contribution >= 4 is 16.3 Å². The van der Waals surface area contributed by atoms with Crippen LogP contribution in [-0.2, 0) is 0 Å². The van der Waals surface area contributed by atoms with Gasteiger partial charge in [0.1, 0.15) is 17.3 Å². The minimum Gasteiger partial charge on any atom is -0.456 e. The number of hydrogen-bond donors (Lipinski definition) is 1. The summed E-state index contributed by atoms with van der Waals surface area (Å²) in [5.74, 6) is 0.932. The Morgan fingerprint density at radius 2 is 2.13 bits per heavy atom. The second kappa shape index (κ2) is 4.31. The Balaban J connectivity index is 2.14. The normalized spacial score (nSPS) is 10.0. The molecular formula is C11H10FNOS. The molecule has 1 heterocycles. The van der Waals surface area contributed by atoms with E-state index in [4.69, 9.17) is 4.74 Å². The Morgan fingerprint density at radius 1 is 1.27 bits per heavy atom. The molecule has 0 saturated heterocycles. The van der Waals surface area contributed by atoms with Gasteiger partial charge in [0, 0.05) is 24.6 Å². The van der Waals surface area contributed by atoms with Crippen LogP contribution in [0.4, 0.5) is 9.39 Å². The largest absolute Gasteiger partial charge is 0.456 e. The zero-order chi connectivity index (χ0) is 10.7. The summed E-state index contributed by atoms with van der Waals surface area (Å²) in [7, 11) is 1.85. The highest BCUT2D eigenvalue weighted by Crippen LogP contribution is 2.29. The van der Waals surface area contributed by atoms with Crippen LogP contribution < -0.4 is 10.1 Å². The molecule has 0 saturated carbocycles. The summed E-state index contributed by atoms with van der Waals surface area (Å²) in [5.41, 5.74) is 0. The summed E-state index contributed by atoms with van der Waals surface area (Å²) in [5, 5.41) is 5.90. The van der Waals surface area contributed by atoms with Crippen LogP contribution in [0.5, 0.6) is 11.5 Å². The number of halogens is 1. The Hall–Kier alpha value is -1.55. The third-order valence-electron chi connectivity index (χ3n) is 1.85. The molecule has 2 nitrogen and oxygen atoms in total. The van der Waals surface area contributed by atoms with E-state index in [9.17, 15) is 4.39 Å². The highest BCUT2D eigenvalue weighted by molar-refractivity contribution is 7.14. The zero-order valence-corrected chi connectivity index (χ0v) is 8.98. The van der Waals surface area contributed by atoms with E-state index in [1.165, 1.54) is 12.1 Å². The van der Waals surface area contributed by atoms with Crippen LogP contribution in [0.2, 0.25) is 0 Å². The molecule has 1 aromatic carbocycles. The molecule has 0 aliphatic heterocycles. The molecule has 0 fully saturated rings. The molecule has 0 amide bonds. The summed E-state index contributed by atoms with van der Waals surface area (Å²) >= 11 is 1.54. The first-order valence-electron chi connectivity index (χ1n) is 4.47. The van der Waals surface area contributed by atoms with Crippen molar-refractivity contribution in [1.29, 1.82) is 0 Å². The van der Waals surface area contributed by atoms with Crippen LogP contribution >= 0.6 is 11.3 Å². The molecule has 0 unspecified atom stereocenters. The molecule has 2 aromatic rings. The lowest BCUT2D eigenvalue weighted by molar-refractivity contribution is 0.479. The number of benzene rings is 1. The van der Waals surface area contributed by atoms with Gasteiger partial charge in [0.15, 0.2) is 0 Å². The second-order valence-corrected chi connectivity index (χ2v) is 3.87. The molecule has 0 aliphatic rings. The second-order valence-electron chi connectivity index (χ2n) is 2.96. The first kappa shape index (κ1) is 9.98. The number of anilines is 1. The summed E-state index contributed by atoms with van der Waals surface area (Å²) in [6.07, 6.45) is 0. The van der Waals surface area contributed by atoms with E-state index in [2.05, 4.69) is 5.32 Å². The minimum absolute atomic E-state index is 0.295. The van der Waals surface area contributed by atoms with E-state index in [-0.39, 0.29) is 5.82 Å². The number of hydrogen-bond acceptors (Lipinski definition) is 3. The van der Waals surface area contributed by atoms with E-state index >= 15 is 0 Å². The Bertz CT molecular complexity index is 455. The molecule has 0 spiro atoms. The Morgan fingerprint density at radius 3 is 2.80 bits per heavy atom. The maximum Gasteiger partial charge on any atom is 0.140 e. The molecular weight excluding hydrogens is 213 g/mol. The van der Waals surface area contributed by atoms with Crippen LogP contribution in [0.25, 0.3) is 0 Å². The molecule has 2 rings (SSSR count). The first-order valence-corrected chi connectivity index (χ1v) is 5.35. The third-order valence-corrected chi connectivity index (χ3v) is 2.78. The Kier molecular flexibility index (Phi) is 2.87. The van der Waals surface area contributed by atoms with E-state index in [1.807, 2.05) is 18.5 Å². The van der Waals surface area contributed by atoms with Gasteiger partial charge >= 0.3 is 0 Å². The van der Waals surface area contributed by atoms with Crippen molar-refractivity contribution in [2.75, 3.05) is 12.4 Å². The molecule has 1 aromatic heterocycles. The summed E-state index contributed by atoms with van der Waals surface area (Å²) < 4.78 is 18.3. The molecule has 4 heteroatoms. The third kappa shape index (κ3) is 2.47. The summed E-state index contributed by atoms with van der Waals surface area (Å²) in [6.45, 7) is 0. The number of ether oxygens (including phenoxy) is 1. The van der Waals surface area contributed by atoms with Gasteiger partial charge in [-0.2, -0.15) is 0 Å². The zero-order valence-electron chi connectivity index (χ0n) is 8.16. The van der Waals surface area contributed by atoms with Crippen LogP contribution in [0, 0.1) is 5.82 Å². The monoisotopic (exact) mass is 223 g/mol. The lowest BCUT2D eigenvalue weighted by Crippen LogP contribution is -1.83. The molecule has 0 radical (unpaired) electrons. The van der Waals surface area contributed by atoms with Gasteiger partial charge in [-0.3, -0.25) is 0 Å². The van der Waals surface area contributed by atoms with Gasteiger partial charge in [-0.05, 0) is 12.1 Å². The predicted molar refractivity (Wildman–Crippen MR) is 60.3 cm³/mol. The van der Waals surface area contributed by atoms with Gasteiger partial charge in [-0.25, -0.2) is 4.39 Å². The van der Waals surface area contributed by atoms with Crippen molar-refractivity contribution in [3.8, 4) is 11.5 Å². The SMILES string of the molecule is CNc1cc(Oc2cccc(F)c2)cs1. The first-order chi connectivity index (χ1) is 7.28. The predicted octanol–water partition coefficient (Wildman–Crippen LogP) is 3.72. The van der Waals surface area contributed by atoms with Crippen LogP contribution in [0.1, 0.15) is 0 Å². The van der Waals surface area contributed by atoms with Gasteiger partial charge in [0.25, 0.3) is 0 Å². The fraction of sp³-hybridized carbons (Fsp3) is 0.0909. The summed E-state index contributed by atoms with van der Waals surface area (Å²) in [6, 6.07) is 7.96. The van der Waals surface area contributed by atoms with Gasteiger partial charge in [0.05, 0.1) is 5.00 Å². The number of thiophene rings is 1. The van der Waals surface area contributed by atoms with Crippen molar-refractivity contribution in [2.24, 2.45) is 0 Å².